The molecule has 0 fully saturated rings. The van der Waals surface area contributed by atoms with Crippen molar-refractivity contribution in [1.29, 1.82) is 0 Å². The van der Waals surface area contributed by atoms with Crippen LogP contribution in [0.4, 0.5) is 22.0 Å². The lowest BCUT2D eigenvalue weighted by molar-refractivity contribution is -0.391. The maximum Gasteiger partial charge on any atom is 0.482 e. The number of hydrogen-bond acceptors (Lipinski definition) is 3. The first-order valence-electron chi connectivity index (χ1n) is 3.43. The second-order valence-electron chi connectivity index (χ2n) is 2.19. The van der Waals surface area contributed by atoms with Crippen molar-refractivity contribution in [3.8, 4) is 0 Å². The van der Waals surface area contributed by atoms with Crippen molar-refractivity contribution in [3.05, 3.63) is 0 Å². The second kappa shape index (κ2) is 5.33. The van der Waals surface area contributed by atoms with Gasteiger partial charge in [0.05, 0.1) is 18.3 Å². The normalized spacial score (nSPS) is 12.4. The van der Waals surface area contributed by atoms with Crippen LogP contribution < -0.4 is 0 Å². The summed E-state index contributed by atoms with van der Waals surface area (Å²) in [6.45, 7) is -0.732. The zero-order chi connectivity index (χ0) is 11.2. The summed E-state index contributed by atoms with van der Waals surface area (Å²) in [5.74, 6) is 0. The lowest BCUT2D eigenvalue weighted by Crippen LogP contribution is -2.39. The molecule has 0 rings (SSSR count). The predicted molar refractivity (Wildman–Crippen MR) is 41.5 cm³/mol. The smallest absolute Gasteiger partial charge is 0.313 e. The van der Waals surface area contributed by atoms with E-state index in [1.54, 1.807) is 0 Å². The van der Waals surface area contributed by atoms with Gasteiger partial charge in [-0.1, -0.05) is 0 Å². The van der Waals surface area contributed by atoms with E-state index in [0.29, 0.717) is 0 Å². The van der Waals surface area contributed by atoms with Gasteiger partial charge in [0.1, 0.15) is 0 Å². The van der Waals surface area contributed by atoms with Gasteiger partial charge in [-0.25, -0.2) is 4.99 Å². The Morgan fingerprint density at radius 2 is 1.79 bits per heavy atom. The first-order valence-corrected chi connectivity index (χ1v) is 3.84. The van der Waals surface area contributed by atoms with Crippen LogP contribution in [0.15, 0.2) is 4.99 Å². The number of halogens is 5. The number of alkyl halides is 5. The number of nitrogens with zero attached hydrogens (tertiary/aromatic N) is 1. The van der Waals surface area contributed by atoms with E-state index in [4.69, 9.17) is 0 Å². The van der Waals surface area contributed by atoms with Gasteiger partial charge < -0.3 is 4.74 Å². The molecule has 14 heavy (non-hydrogen) atoms. The van der Waals surface area contributed by atoms with Crippen molar-refractivity contribution in [3.63, 3.8) is 0 Å². The molecule has 0 aromatic rings. The average molecular weight is 235 g/mol. The molecule has 0 aromatic carbocycles. The Labute approximate surface area is 81.8 Å². The van der Waals surface area contributed by atoms with Gasteiger partial charge in [0.15, 0.2) is 0 Å². The molecule has 8 heteroatoms. The molecular formula is C6H6F5NOS. The highest BCUT2D eigenvalue weighted by atomic mass is 32.1. The number of aliphatic imine (C=N–C) groups is 1. The Morgan fingerprint density at radius 3 is 2.21 bits per heavy atom. The molecule has 0 radical (unpaired) electrons. The van der Waals surface area contributed by atoms with Crippen LogP contribution in [0, 0.1) is 0 Å². The summed E-state index contributed by atoms with van der Waals surface area (Å²) >= 11 is 4.15. The van der Waals surface area contributed by atoms with E-state index in [9.17, 15) is 22.0 Å². The van der Waals surface area contributed by atoms with E-state index in [2.05, 4.69) is 21.9 Å². The fourth-order valence-corrected chi connectivity index (χ4v) is 0.563. The highest BCUT2D eigenvalue weighted by molar-refractivity contribution is 7.78. The zero-order valence-corrected chi connectivity index (χ0v) is 7.59. The van der Waals surface area contributed by atoms with Crippen LogP contribution in [0.3, 0.4) is 0 Å². The Hall–Kier alpha value is -0.590. The molecule has 0 saturated carbocycles. The zero-order valence-electron chi connectivity index (χ0n) is 6.77. The molecule has 0 spiro atoms. The van der Waals surface area contributed by atoms with E-state index < -0.39 is 18.9 Å². The molecule has 82 valence electrons. The quantitative estimate of drug-likeness (QED) is 0.316. The van der Waals surface area contributed by atoms with Gasteiger partial charge in [-0.2, -0.15) is 22.0 Å². The highest BCUT2D eigenvalue weighted by Crippen LogP contribution is 2.36. The molecule has 0 aliphatic carbocycles. The Morgan fingerprint density at radius 1 is 1.21 bits per heavy atom. The number of thiocarbonyl (C=S) groups is 1. The third-order valence-corrected chi connectivity index (χ3v) is 1.22. The molecule has 0 aliphatic heterocycles. The van der Waals surface area contributed by atoms with Gasteiger partial charge in [-0.05, 0) is 18.6 Å². The summed E-state index contributed by atoms with van der Waals surface area (Å²) in [6, 6.07) is 0. The first-order chi connectivity index (χ1) is 6.31. The van der Waals surface area contributed by atoms with Gasteiger partial charge in [0, 0.05) is 0 Å². The van der Waals surface area contributed by atoms with Crippen molar-refractivity contribution >= 4 is 17.4 Å². The molecular weight excluding hydrogens is 229 g/mol. The number of hydrogen-bond donors (Lipinski definition) is 0. The van der Waals surface area contributed by atoms with E-state index in [1.807, 2.05) is 5.16 Å². The summed E-state index contributed by atoms with van der Waals surface area (Å²) in [4.78, 5) is 3.31. The highest BCUT2D eigenvalue weighted by Gasteiger charge is 2.59. The lowest BCUT2D eigenvalue weighted by atomic mass is 10.4. The fourth-order valence-electron chi connectivity index (χ4n) is 0.471. The van der Waals surface area contributed by atoms with Crippen molar-refractivity contribution in [2.45, 2.75) is 18.7 Å². The van der Waals surface area contributed by atoms with Crippen LogP contribution in [-0.4, -0.2) is 30.6 Å². The van der Waals surface area contributed by atoms with Crippen molar-refractivity contribution < 1.29 is 26.7 Å². The third kappa shape index (κ3) is 4.59. The van der Waals surface area contributed by atoms with Gasteiger partial charge in [0.2, 0.25) is 0 Å². The van der Waals surface area contributed by atoms with Gasteiger partial charge in [-0.15, -0.1) is 0 Å². The molecule has 0 amide bonds. The maximum absolute atomic E-state index is 12.0. The predicted octanol–water partition coefficient (Wildman–Crippen LogP) is 2.65. The molecule has 0 heterocycles. The SMILES string of the molecule is FC(F)(F)C(F)(F)OCCCN=C=S. The minimum absolute atomic E-state index is 0.0113. The van der Waals surface area contributed by atoms with Crippen molar-refractivity contribution in [1.82, 2.24) is 0 Å². The number of rotatable bonds is 5. The van der Waals surface area contributed by atoms with Gasteiger partial charge >= 0.3 is 12.3 Å². The summed E-state index contributed by atoms with van der Waals surface area (Å²) < 4.78 is 61.9. The molecule has 0 saturated heterocycles. The molecule has 0 atom stereocenters. The van der Waals surface area contributed by atoms with Crippen molar-refractivity contribution in [2.75, 3.05) is 13.2 Å². The molecule has 0 aliphatic rings. The Kier molecular flexibility index (Phi) is 5.11. The summed E-state index contributed by atoms with van der Waals surface area (Å²) in [5.41, 5.74) is 0. The summed E-state index contributed by atoms with van der Waals surface area (Å²) in [6.07, 6.45) is -10.9. The van der Waals surface area contributed by atoms with E-state index in [-0.39, 0.29) is 13.0 Å². The monoisotopic (exact) mass is 235 g/mol. The van der Waals surface area contributed by atoms with Crippen LogP contribution in [0.5, 0.6) is 0 Å². The van der Waals surface area contributed by atoms with Crippen LogP contribution in [-0.2, 0) is 4.74 Å². The molecule has 0 aromatic heterocycles. The summed E-state index contributed by atoms with van der Waals surface area (Å²) in [7, 11) is 0. The molecule has 0 N–H and O–H groups in total. The van der Waals surface area contributed by atoms with E-state index >= 15 is 0 Å². The maximum atomic E-state index is 12.0. The largest absolute Gasteiger partial charge is 0.482 e. The molecule has 2 nitrogen and oxygen atoms in total. The van der Waals surface area contributed by atoms with E-state index in [1.165, 1.54) is 0 Å². The number of isothiocyanates is 1. The third-order valence-electron chi connectivity index (χ3n) is 1.09. The first kappa shape index (κ1) is 13.4. The molecule has 0 unspecified atom stereocenters. The van der Waals surface area contributed by atoms with Crippen LogP contribution in [0.25, 0.3) is 0 Å². The van der Waals surface area contributed by atoms with Gasteiger partial charge in [-0.3, -0.25) is 0 Å². The second-order valence-corrected chi connectivity index (χ2v) is 2.37. The van der Waals surface area contributed by atoms with Crippen LogP contribution in [0.2, 0.25) is 0 Å². The summed E-state index contributed by atoms with van der Waals surface area (Å²) in [5, 5.41) is 1.94. The Balaban J connectivity index is 3.83. The van der Waals surface area contributed by atoms with Crippen LogP contribution >= 0.6 is 12.2 Å². The van der Waals surface area contributed by atoms with E-state index in [0.717, 1.165) is 0 Å². The van der Waals surface area contributed by atoms with Crippen LogP contribution in [0.1, 0.15) is 6.42 Å². The lowest BCUT2D eigenvalue weighted by Gasteiger charge is -2.18. The fraction of sp³-hybridized carbons (Fsp3) is 0.833. The topological polar surface area (TPSA) is 21.6 Å². The average Bonchev–Trinajstić information content (AvgIpc) is 2.02. The number of ether oxygens (including phenoxy) is 1. The Bertz CT molecular complexity index is 223. The van der Waals surface area contributed by atoms with Gasteiger partial charge in [0.25, 0.3) is 0 Å². The van der Waals surface area contributed by atoms with Crippen molar-refractivity contribution in [2.24, 2.45) is 4.99 Å². The molecule has 0 bridgehead atoms. The minimum atomic E-state index is -5.68. The minimum Gasteiger partial charge on any atom is -0.313 e. The standard InChI is InChI=1S/C6H6F5NOS/c7-5(8,9)6(10,11)13-3-1-2-12-4-14/h1-3H2.